The van der Waals surface area contributed by atoms with E-state index in [1.54, 1.807) is 12.2 Å². The first-order valence-electron chi connectivity index (χ1n) is 5.52. The fraction of sp³-hybridized carbons (Fsp3) is 0.455. The molecule has 0 bridgehead atoms. The minimum Gasteiger partial charge on any atom is -0.394 e. The number of aliphatic hydroxyl groups is 2. The smallest absolute Gasteiger partial charge is 0.329 e. The summed E-state index contributed by atoms with van der Waals surface area (Å²) in [6.45, 7) is -0.279. The van der Waals surface area contributed by atoms with E-state index in [9.17, 15) is 14.7 Å². The highest BCUT2D eigenvalue weighted by Gasteiger charge is 2.23. The highest BCUT2D eigenvalue weighted by Crippen LogP contribution is 2.31. The molecule has 3 atom stereocenters. The van der Waals surface area contributed by atoms with Crippen LogP contribution in [0.5, 0.6) is 0 Å². The summed E-state index contributed by atoms with van der Waals surface area (Å²) in [5, 5.41) is 18.2. The van der Waals surface area contributed by atoms with Gasteiger partial charge in [-0.15, -0.1) is 11.8 Å². The molecule has 0 aliphatic carbocycles. The summed E-state index contributed by atoms with van der Waals surface area (Å²) in [4.78, 5) is 24.7. The second kappa shape index (κ2) is 5.55. The Morgan fingerprint density at radius 3 is 2.83 bits per heavy atom. The van der Waals surface area contributed by atoms with E-state index in [4.69, 9.17) is 5.11 Å². The molecule has 1 aliphatic heterocycles. The normalized spacial score (nSPS) is 25.0. The van der Waals surface area contributed by atoms with Crippen molar-refractivity contribution in [3.8, 4) is 0 Å². The van der Waals surface area contributed by atoms with Gasteiger partial charge in [-0.05, 0) is 0 Å². The predicted octanol–water partition coefficient (Wildman–Crippen LogP) is -0.692. The van der Waals surface area contributed by atoms with Crippen LogP contribution in [-0.4, -0.2) is 38.2 Å². The minimum absolute atomic E-state index is 0.116. The van der Waals surface area contributed by atoms with Gasteiger partial charge in [-0.3, -0.25) is 14.3 Å². The number of H-pyrrole nitrogens is 1. The molecule has 18 heavy (non-hydrogen) atoms. The molecule has 1 aromatic heterocycles. The molecule has 1 aromatic rings. The molecule has 0 spiro atoms. The molecular formula is C11H14N2O4S. The maximum Gasteiger partial charge on any atom is 0.329 e. The van der Waals surface area contributed by atoms with Crippen molar-refractivity contribution in [3.05, 3.63) is 45.3 Å². The molecular weight excluding hydrogens is 256 g/mol. The van der Waals surface area contributed by atoms with Gasteiger partial charge < -0.3 is 10.2 Å². The molecule has 3 N–H and O–H groups in total. The van der Waals surface area contributed by atoms with Gasteiger partial charge in [-0.2, -0.15) is 0 Å². The Kier molecular flexibility index (Phi) is 4.05. The van der Waals surface area contributed by atoms with Crippen molar-refractivity contribution < 1.29 is 10.2 Å². The Morgan fingerprint density at radius 2 is 2.28 bits per heavy atom. The Labute approximate surface area is 107 Å². The van der Waals surface area contributed by atoms with Gasteiger partial charge in [0.05, 0.1) is 12.7 Å². The fourth-order valence-corrected chi connectivity index (χ4v) is 3.02. The third-order valence-corrected chi connectivity index (χ3v) is 4.09. The van der Waals surface area contributed by atoms with Crippen LogP contribution < -0.4 is 11.2 Å². The highest BCUT2D eigenvalue weighted by molar-refractivity contribution is 7.99. The van der Waals surface area contributed by atoms with Crippen molar-refractivity contribution in [2.45, 2.75) is 11.5 Å². The van der Waals surface area contributed by atoms with Crippen LogP contribution in [0.25, 0.3) is 0 Å². The monoisotopic (exact) mass is 270 g/mol. The molecule has 2 rings (SSSR count). The van der Waals surface area contributed by atoms with Gasteiger partial charge in [0.25, 0.3) is 5.56 Å². The molecule has 6 nitrogen and oxygen atoms in total. The average molecular weight is 270 g/mol. The van der Waals surface area contributed by atoms with E-state index in [0.717, 1.165) is 0 Å². The third-order valence-electron chi connectivity index (χ3n) is 2.79. The second-order valence-corrected chi connectivity index (χ2v) is 5.19. The first-order chi connectivity index (χ1) is 8.61. The van der Waals surface area contributed by atoms with Crippen molar-refractivity contribution in [2.24, 2.45) is 5.92 Å². The summed E-state index contributed by atoms with van der Waals surface area (Å²) in [7, 11) is 0. The Hall–Kier alpha value is -1.31. The highest BCUT2D eigenvalue weighted by atomic mass is 32.2. The zero-order valence-corrected chi connectivity index (χ0v) is 10.3. The van der Waals surface area contributed by atoms with Gasteiger partial charge in [0.2, 0.25) is 0 Å². The Balaban J connectivity index is 2.18. The summed E-state index contributed by atoms with van der Waals surface area (Å²) in [5.41, 5.74) is -0.875. The van der Waals surface area contributed by atoms with Crippen LogP contribution in [0.4, 0.5) is 0 Å². The van der Waals surface area contributed by atoms with E-state index < -0.39 is 17.4 Å². The lowest BCUT2D eigenvalue weighted by atomic mass is 10.0. The number of rotatable bonds is 3. The molecule has 98 valence electrons. The molecule has 0 radical (unpaired) electrons. The number of aliphatic hydroxyl groups excluding tert-OH is 2. The maximum atomic E-state index is 11.6. The lowest BCUT2D eigenvalue weighted by molar-refractivity contribution is 0.0694. The number of aromatic amines is 1. The number of hydrogen-bond acceptors (Lipinski definition) is 5. The van der Waals surface area contributed by atoms with E-state index in [2.05, 4.69) is 4.98 Å². The second-order valence-electron chi connectivity index (χ2n) is 4.04. The lowest BCUT2D eigenvalue weighted by Gasteiger charge is -2.25. The van der Waals surface area contributed by atoms with E-state index in [0.29, 0.717) is 5.75 Å². The molecule has 0 fully saturated rings. The quantitative estimate of drug-likeness (QED) is 0.632. The molecule has 0 saturated carbocycles. The Bertz CT molecular complexity index is 550. The van der Waals surface area contributed by atoms with Crippen LogP contribution in [0.2, 0.25) is 0 Å². The molecule has 0 saturated heterocycles. The van der Waals surface area contributed by atoms with Crippen LogP contribution in [0.3, 0.4) is 0 Å². The molecule has 0 aromatic carbocycles. The molecule has 0 amide bonds. The molecule has 1 aliphatic rings. The van der Waals surface area contributed by atoms with Crippen molar-refractivity contribution in [3.63, 3.8) is 0 Å². The van der Waals surface area contributed by atoms with Crippen LogP contribution in [0, 0.1) is 5.92 Å². The van der Waals surface area contributed by atoms with Crippen LogP contribution in [0.15, 0.2) is 34.0 Å². The van der Waals surface area contributed by atoms with Crippen molar-refractivity contribution >= 4 is 11.8 Å². The van der Waals surface area contributed by atoms with Gasteiger partial charge in [0, 0.05) is 23.9 Å². The first kappa shape index (κ1) is 13.1. The minimum atomic E-state index is -0.776. The standard InChI is InChI=1S/C11H14N2O4S/c14-5-8(15)7-1-2-10(18-6-7)13-4-3-9(16)12-11(13)17/h1-4,7-8,10,14-15H,5-6H2,(H,12,16,17)/t7-,8-,10+/m0/s1. The van der Waals surface area contributed by atoms with Crippen LogP contribution in [-0.2, 0) is 0 Å². The zero-order valence-electron chi connectivity index (χ0n) is 9.52. The van der Waals surface area contributed by atoms with Crippen molar-refractivity contribution in [1.82, 2.24) is 9.55 Å². The zero-order chi connectivity index (χ0) is 13.1. The predicted molar refractivity (Wildman–Crippen MR) is 68.5 cm³/mol. The number of nitrogens with one attached hydrogen (secondary N) is 1. The van der Waals surface area contributed by atoms with E-state index >= 15 is 0 Å². The van der Waals surface area contributed by atoms with Gasteiger partial charge in [-0.1, -0.05) is 12.2 Å². The number of hydrogen-bond donors (Lipinski definition) is 3. The molecule has 0 unspecified atom stereocenters. The van der Waals surface area contributed by atoms with Gasteiger partial charge in [-0.25, -0.2) is 4.79 Å². The third kappa shape index (κ3) is 2.74. The first-order valence-corrected chi connectivity index (χ1v) is 6.57. The van der Waals surface area contributed by atoms with Gasteiger partial charge in [0.15, 0.2) is 0 Å². The average Bonchev–Trinajstić information content (AvgIpc) is 2.38. The largest absolute Gasteiger partial charge is 0.394 e. The fourth-order valence-electron chi connectivity index (χ4n) is 1.73. The van der Waals surface area contributed by atoms with Gasteiger partial charge >= 0.3 is 5.69 Å². The van der Waals surface area contributed by atoms with E-state index in [-0.39, 0.29) is 17.9 Å². The number of thioether (sulfide) groups is 1. The summed E-state index contributed by atoms with van der Waals surface area (Å²) < 4.78 is 1.42. The Morgan fingerprint density at radius 1 is 1.50 bits per heavy atom. The molecule has 7 heteroatoms. The van der Waals surface area contributed by atoms with E-state index in [1.165, 1.54) is 28.6 Å². The van der Waals surface area contributed by atoms with Crippen molar-refractivity contribution in [2.75, 3.05) is 12.4 Å². The summed E-state index contributed by atoms with van der Waals surface area (Å²) in [5.74, 6) is 0.490. The summed E-state index contributed by atoms with van der Waals surface area (Å²) in [6.07, 6.45) is 4.25. The van der Waals surface area contributed by atoms with Crippen LogP contribution >= 0.6 is 11.8 Å². The van der Waals surface area contributed by atoms with E-state index in [1.807, 2.05) is 0 Å². The summed E-state index contributed by atoms with van der Waals surface area (Å²) in [6, 6.07) is 1.30. The molecule has 2 heterocycles. The summed E-state index contributed by atoms with van der Waals surface area (Å²) >= 11 is 1.47. The number of nitrogens with zero attached hydrogens (tertiary/aromatic N) is 1. The van der Waals surface area contributed by atoms with Gasteiger partial charge in [0.1, 0.15) is 5.37 Å². The lowest BCUT2D eigenvalue weighted by Crippen LogP contribution is -2.32. The number of aromatic nitrogens is 2. The SMILES string of the molecule is O=c1ccn([C@H]2C=C[C@H]([C@@H](O)CO)CS2)c(=O)[nH]1. The maximum absolute atomic E-state index is 11.6. The van der Waals surface area contributed by atoms with Crippen molar-refractivity contribution in [1.29, 1.82) is 0 Å². The topological polar surface area (TPSA) is 95.3 Å². The van der Waals surface area contributed by atoms with Crippen LogP contribution in [0.1, 0.15) is 5.37 Å².